The third kappa shape index (κ3) is 2.97. The van der Waals surface area contributed by atoms with E-state index in [9.17, 15) is 0 Å². The van der Waals surface area contributed by atoms with E-state index in [4.69, 9.17) is 15.2 Å². The minimum atomic E-state index is 0.394. The molecule has 0 aromatic heterocycles. The highest BCUT2D eigenvalue weighted by Crippen LogP contribution is 2.19. The van der Waals surface area contributed by atoms with E-state index in [1.54, 1.807) is 0 Å². The maximum atomic E-state index is 5.73. The van der Waals surface area contributed by atoms with E-state index in [0.717, 1.165) is 24.3 Å². The Bertz CT molecular complexity index is 321. The Morgan fingerprint density at radius 1 is 1.38 bits per heavy atom. The van der Waals surface area contributed by atoms with Crippen LogP contribution in [0.2, 0.25) is 0 Å². The largest absolute Gasteiger partial charge is 0.493 e. The normalized spacial score (nSPS) is 19.9. The molecule has 0 saturated carbocycles. The molecule has 2 N–H and O–H groups in total. The molecule has 1 heterocycles. The van der Waals surface area contributed by atoms with Gasteiger partial charge in [-0.2, -0.15) is 0 Å². The van der Waals surface area contributed by atoms with Gasteiger partial charge in [0, 0.05) is 25.1 Å². The van der Waals surface area contributed by atoms with Crippen LogP contribution in [0.5, 0.6) is 5.75 Å². The second kappa shape index (κ2) is 5.87. The molecule has 1 aromatic carbocycles. The van der Waals surface area contributed by atoms with E-state index in [0.29, 0.717) is 19.3 Å². The van der Waals surface area contributed by atoms with Gasteiger partial charge in [0.1, 0.15) is 5.75 Å². The minimum Gasteiger partial charge on any atom is -0.493 e. The lowest BCUT2D eigenvalue weighted by Crippen LogP contribution is -2.11. The molecule has 3 nitrogen and oxygen atoms in total. The molecule has 1 aromatic rings. The molecule has 0 spiro atoms. The van der Waals surface area contributed by atoms with Crippen molar-refractivity contribution in [1.29, 1.82) is 0 Å². The highest BCUT2D eigenvalue weighted by atomic mass is 16.5. The van der Waals surface area contributed by atoms with E-state index < -0.39 is 0 Å². The van der Waals surface area contributed by atoms with Gasteiger partial charge in [0.2, 0.25) is 0 Å². The third-order valence-electron chi connectivity index (χ3n) is 2.91. The van der Waals surface area contributed by atoms with Crippen LogP contribution >= 0.6 is 0 Å². The average Bonchev–Trinajstić information content (AvgIpc) is 2.83. The molecule has 1 unspecified atom stereocenters. The summed E-state index contributed by atoms with van der Waals surface area (Å²) in [7, 11) is 0. The van der Waals surface area contributed by atoms with Crippen LogP contribution in [0.25, 0.3) is 0 Å². The maximum Gasteiger partial charge on any atom is 0.123 e. The molecule has 0 amide bonds. The molecule has 1 saturated heterocycles. The van der Waals surface area contributed by atoms with Gasteiger partial charge < -0.3 is 15.2 Å². The van der Waals surface area contributed by atoms with Crippen molar-refractivity contribution in [3.63, 3.8) is 0 Å². The topological polar surface area (TPSA) is 44.5 Å². The summed E-state index contributed by atoms with van der Waals surface area (Å²) >= 11 is 0. The standard InChI is InChI=1S/C13H19NO2/c14-10-11-4-1-2-6-13(11)16-9-7-12-5-3-8-15-12/h1-2,4,6,12H,3,5,7-10,14H2. The number of hydrogen-bond donors (Lipinski definition) is 1. The summed E-state index contributed by atoms with van der Waals surface area (Å²) in [6, 6.07) is 7.93. The Balaban J connectivity index is 1.79. The first-order chi connectivity index (χ1) is 7.90. The van der Waals surface area contributed by atoms with Crippen LogP contribution < -0.4 is 10.5 Å². The monoisotopic (exact) mass is 221 g/mol. The van der Waals surface area contributed by atoms with Crippen molar-refractivity contribution in [2.24, 2.45) is 5.73 Å². The number of rotatable bonds is 5. The van der Waals surface area contributed by atoms with Crippen molar-refractivity contribution in [1.82, 2.24) is 0 Å². The highest BCUT2D eigenvalue weighted by Gasteiger charge is 2.15. The van der Waals surface area contributed by atoms with E-state index in [1.807, 2.05) is 24.3 Å². The number of para-hydroxylation sites is 1. The van der Waals surface area contributed by atoms with E-state index in [-0.39, 0.29) is 0 Å². The second-order valence-electron chi connectivity index (χ2n) is 4.08. The molecule has 3 heteroatoms. The molecule has 0 bridgehead atoms. The fraction of sp³-hybridized carbons (Fsp3) is 0.538. The smallest absolute Gasteiger partial charge is 0.123 e. The lowest BCUT2D eigenvalue weighted by atomic mass is 10.2. The quantitative estimate of drug-likeness (QED) is 0.828. The zero-order chi connectivity index (χ0) is 11.2. The van der Waals surface area contributed by atoms with Crippen molar-refractivity contribution in [3.05, 3.63) is 29.8 Å². The number of benzene rings is 1. The predicted octanol–water partition coefficient (Wildman–Crippen LogP) is 2.09. The van der Waals surface area contributed by atoms with Crippen LogP contribution in [0.3, 0.4) is 0 Å². The van der Waals surface area contributed by atoms with Crippen LogP contribution in [0.15, 0.2) is 24.3 Å². The van der Waals surface area contributed by atoms with Crippen LogP contribution in [-0.2, 0) is 11.3 Å². The van der Waals surface area contributed by atoms with Crippen molar-refractivity contribution in [2.75, 3.05) is 13.2 Å². The molecule has 1 atom stereocenters. The SMILES string of the molecule is NCc1ccccc1OCCC1CCCO1. The van der Waals surface area contributed by atoms with Gasteiger partial charge in [0.15, 0.2) is 0 Å². The number of ether oxygens (including phenoxy) is 2. The van der Waals surface area contributed by atoms with Crippen LogP contribution in [0.1, 0.15) is 24.8 Å². The summed E-state index contributed by atoms with van der Waals surface area (Å²) in [5, 5.41) is 0. The minimum absolute atomic E-state index is 0.394. The highest BCUT2D eigenvalue weighted by molar-refractivity contribution is 5.32. The van der Waals surface area contributed by atoms with Gasteiger partial charge in [-0.1, -0.05) is 18.2 Å². The Kier molecular flexibility index (Phi) is 4.19. The fourth-order valence-electron chi connectivity index (χ4n) is 1.99. The van der Waals surface area contributed by atoms with Crippen molar-refractivity contribution >= 4 is 0 Å². The zero-order valence-electron chi connectivity index (χ0n) is 9.52. The Morgan fingerprint density at radius 3 is 3.00 bits per heavy atom. The molecule has 1 aliphatic rings. The lowest BCUT2D eigenvalue weighted by molar-refractivity contribution is 0.0902. The molecule has 0 aliphatic carbocycles. The lowest BCUT2D eigenvalue weighted by Gasteiger charge is -2.12. The molecular weight excluding hydrogens is 202 g/mol. The zero-order valence-corrected chi connectivity index (χ0v) is 9.52. The second-order valence-corrected chi connectivity index (χ2v) is 4.08. The summed E-state index contributed by atoms with van der Waals surface area (Å²) in [5.74, 6) is 0.906. The Hall–Kier alpha value is -1.06. The van der Waals surface area contributed by atoms with Gasteiger partial charge in [-0.05, 0) is 18.9 Å². The molecular formula is C13H19NO2. The van der Waals surface area contributed by atoms with E-state index in [2.05, 4.69) is 0 Å². The Morgan fingerprint density at radius 2 is 2.25 bits per heavy atom. The van der Waals surface area contributed by atoms with Gasteiger partial charge >= 0.3 is 0 Å². The van der Waals surface area contributed by atoms with E-state index >= 15 is 0 Å². The molecule has 2 rings (SSSR count). The van der Waals surface area contributed by atoms with Gasteiger partial charge in [0.05, 0.1) is 12.7 Å². The maximum absolute atomic E-state index is 5.73. The summed E-state index contributed by atoms with van der Waals surface area (Å²) in [5.41, 5.74) is 6.70. The number of nitrogens with two attached hydrogens (primary N) is 1. The van der Waals surface area contributed by atoms with Gasteiger partial charge in [-0.15, -0.1) is 0 Å². The molecule has 1 fully saturated rings. The van der Waals surface area contributed by atoms with Crippen LogP contribution in [0, 0.1) is 0 Å². The molecule has 16 heavy (non-hydrogen) atoms. The van der Waals surface area contributed by atoms with Gasteiger partial charge in [-0.25, -0.2) is 0 Å². The summed E-state index contributed by atoms with van der Waals surface area (Å²) in [6.07, 6.45) is 3.72. The fourth-order valence-corrected chi connectivity index (χ4v) is 1.99. The average molecular weight is 221 g/mol. The van der Waals surface area contributed by atoms with Crippen molar-refractivity contribution in [3.8, 4) is 5.75 Å². The van der Waals surface area contributed by atoms with Crippen molar-refractivity contribution in [2.45, 2.75) is 31.9 Å². The first kappa shape index (κ1) is 11.4. The van der Waals surface area contributed by atoms with E-state index in [1.165, 1.54) is 12.8 Å². The molecule has 0 radical (unpaired) electrons. The van der Waals surface area contributed by atoms with Gasteiger partial charge in [0.25, 0.3) is 0 Å². The predicted molar refractivity (Wildman–Crippen MR) is 63.4 cm³/mol. The van der Waals surface area contributed by atoms with Crippen LogP contribution in [0.4, 0.5) is 0 Å². The summed E-state index contributed by atoms with van der Waals surface area (Å²) < 4.78 is 11.3. The summed E-state index contributed by atoms with van der Waals surface area (Å²) in [4.78, 5) is 0. The Labute approximate surface area is 96.5 Å². The summed E-state index contributed by atoms with van der Waals surface area (Å²) in [6.45, 7) is 2.14. The first-order valence-electron chi connectivity index (χ1n) is 5.92. The third-order valence-corrected chi connectivity index (χ3v) is 2.91. The molecule has 1 aliphatic heterocycles. The number of hydrogen-bond acceptors (Lipinski definition) is 3. The first-order valence-corrected chi connectivity index (χ1v) is 5.92. The van der Waals surface area contributed by atoms with Crippen molar-refractivity contribution < 1.29 is 9.47 Å². The van der Waals surface area contributed by atoms with Crippen LogP contribution in [-0.4, -0.2) is 19.3 Å². The molecule has 88 valence electrons. The van der Waals surface area contributed by atoms with Gasteiger partial charge in [-0.3, -0.25) is 0 Å².